The summed E-state index contributed by atoms with van der Waals surface area (Å²) in [6, 6.07) is 3.31. The van der Waals surface area contributed by atoms with Gasteiger partial charge in [0.05, 0.1) is 10.8 Å². The Morgan fingerprint density at radius 1 is 1.44 bits per heavy atom. The molecule has 2 aromatic rings. The van der Waals surface area contributed by atoms with E-state index in [4.69, 9.17) is 0 Å². The zero-order chi connectivity index (χ0) is 13.0. The van der Waals surface area contributed by atoms with Crippen molar-refractivity contribution >= 4 is 21.6 Å². The van der Waals surface area contributed by atoms with Crippen molar-refractivity contribution in [2.75, 3.05) is 11.9 Å². The maximum atomic E-state index is 13.4. The van der Waals surface area contributed by atoms with Gasteiger partial charge in [-0.1, -0.05) is 0 Å². The molecule has 5 heteroatoms. The van der Waals surface area contributed by atoms with Gasteiger partial charge in [-0.15, -0.1) is 0 Å². The Bertz CT molecular complexity index is 511. The third kappa shape index (κ3) is 3.32. The molecule has 0 aliphatic heterocycles. The van der Waals surface area contributed by atoms with Crippen molar-refractivity contribution in [2.45, 2.75) is 19.9 Å². The average molecular weight is 312 g/mol. The minimum absolute atomic E-state index is 0.238. The number of anilines is 1. The summed E-state index contributed by atoms with van der Waals surface area (Å²) in [6.07, 6.45) is 6.46. The zero-order valence-electron chi connectivity index (χ0n) is 10.2. The van der Waals surface area contributed by atoms with Crippen LogP contribution >= 0.6 is 15.9 Å². The summed E-state index contributed by atoms with van der Waals surface area (Å²) >= 11 is 3.18. The van der Waals surface area contributed by atoms with E-state index in [1.807, 2.05) is 17.7 Å². The Morgan fingerprint density at radius 2 is 2.28 bits per heavy atom. The maximum Gasteiger partial charge on any atom is 0.139 e. The molecule has 1 aromatic heterocycles. The molecular weight excluding hydrogens is 297 g/mol. The minimum atomic E-state index is -0.238. The standard InChI is InChI=1S/C13H15BrFN3/c1-10-7-11(14)12(15)8-13(10)17-3-2-5-18-6-4-16-9-18/h4,6-9,17H,2-3,5H2,1H3. The van der Waals surface area contributed by atoms with Crippen LogP contribution in [0, 0.1) is 12.7 Å². The topological polar surface area (TPSA) is 29.9 Å². The van der Waals surface area contributed by atoms with Gasteiger partial charge in [-0.3, -0.25) is 0 Å². The fourth-order valence-corrected chi connectivity index (χ4v) is 2.20. The first-order valence-electron chi connectivity index (χ1n) is 5.82. The Hall–Kier alpha value is -1.36. The van der Waals surface area contributed by atoms with Crippen LogP contribution in [0.4, 0.5) is 10.1 Å². The lowest BCUT2D eigenvalue weighted by atomic mass is 10.2. The number of rotatable bonds is 5. The molecule has 0 aliphatic carbocycles. The van der Waals surface area contributed by atoms with E-state index in [0.717, 1.165) is 30.8 Å². The number of hydrogen-bond acceptors (Lipinski definition) is 2. The number of imidazole rings is 1. The van der Waals surface area contributed by atoms with Crippen molar-refractivity contribution < 1.29 is 4.39 Å². The number of aryl methyl sites for hydroxylation is 2. The molecule has 0 fully saturated rings. The van der Waals surface area contributed by atoms with Gasteiger partial charge in [0.1, 0.15) is 5.82 Å². The van der Waals surface area contributed by atoms with Gasteiger partial charge in [0.15, 0.2) is 0 Å². The van der Waals surface area contributed by atoms with Crippen molar-refractivity contribution in [2.24, 2.45) is 0 Å². The van der Waals surface area contributed by atoms with E-state index >= 15 is 0 Å². The summed E-state index contributed by atoms with van der Waals surface area (Å²) in [5, 5.41) is 3.25. The number of hydrogen-bond donors (Lipinski definition) is 1. The van der Waals surface area contributed by atoms with Crippen LogP contribution in [0.25, 0.3) is 0 Å². The number of benzene rings is 1. The molecule has 1 N–H and O–H groups in total. The normalized spacial score (nSPS) is 10.6. The van der Waals surface area contributed by atoms with Gasteiger partial charge in [0.25, 0.3) is 0 Å². The smallest absolute Gasteiger partial charge is 0.139 e. The van der Waals surface area contributed by atoms with Crippen LogP contribution < -0.4 is 5.32 Å². The number of halogens is 2. The fourth-order valence-electron chi connectivity index (χ4n) is 1.74. The van der Waals surface area contributed by atoms with Crippen LogP contribution in [-0.2, 0) is 6.54 Å². The highest BCUT2D eigenvalue weighted by molar-refractivity contribution is 9.10. The highest BCUT2D eigenvalue weighted by Gasteiger charge is 2.04. The SMILES string of the molecule is Cc1cc(Br)c(F)cc1NCCCn1ccnc1. The average Bonchev–Trinajstić information content (AvgIpc) is 2.84. The molecule has 0 atom stereocenters. The minimum Gasteiger partial charge on any atom is -0.385 e. The van der Waals surface area contributed by atoms with E-state index in [0.29, 0.717) is 4.47 Å². The predicted octanol–water partition coefficient (Wildman–Crippen LogP) is 3.60. The Morgan fingerprint density at radius 3 is 3.00 bits per heavy atom. The summed E-state index contributed by atoms with van der Waals surface area (Å²) in [7, 11) is 0. The van der Waals surface area contributed by atoms with Gasteiger partial charge in [-0.05, 0) is 47.0 Å². The van der Waals surface area contributed by atoms with E-state index in [1.165, 1.54) is 6.07 Å². The molecule has 0 radical (unpaired) electrons. The Kier molecular flexibility index (Phi) is 4.36. The quantitative estimate of drug-likeness (QED) is 0.855. The molecule has 1 aromatic carbocycles. The van der Waals surface area contributed by atoms with Crippen LogP contribution in [0.1, 0.15) is 12.0 Å². The van der Waals surface area contributed by atoms with Gasteiger partial charge in [0, 0.05) is 31.2 Å². The van der Waals surface area contributed by atoms with E-state index in [1.54, 1.807) is 18.6 Å². The van der Waals surface area contributed by atoms with Crippen molar-refractivity contribution in [3.05, 3.63) is 46.7 Å². The fraction of sp³-hybridized carbons (Fsp3) is 0.308. The summed E-state index contributed by atoms with van der Waals surface area (Å²) < 4.78 is 15.9. The molecule has 0 unspecified atom stereocenters. The highest BCUT2D eigenvalue weighted by atomic mass is 79.9. The van der Waals surface area contributed by atoms with Crippen LogP contribution in [0.5, 0.6) is 0 Å². The molecule has 0 aliphatic rings. The third-order valence-corrected chi connectivity index (χ3v) is 3.34. The summed E-state index contributed by atoms with van der Waals surface area (Å²) in [6.45, 7) is 3.67. The lowest BCUT2D eigenvalue weighted by Gasteiger charge is -2.10. The molecule has 0 amide bonds. The van der Waals surface area contributed by atoms with E-state index < -0.39 is 0 Å². The van der Waals surface area contributed by atoms with Gasteiger partial charge >= 0.3 is 0 Å². The first-order chi connectivity index (χ1) is 8.66. The number of nitrogens with zero attached hydrogens (tertiary/aromatic N) is 2. The van der Waals surface area contributed by atoms with Crippen LogP contribution in [0.3, 0.4) is 0 Å². The lowest BCUT2D eigenvalue weighted by molar-refractivity contribution is 0.620. The second kappa shape index (κ2) is 6.00. The van der Waals surface area contributed by atoms with E-state index in [2.05, 4.69) is 26.2 Å². The van der Waals surface area contributed by atoms with Gasteiger partial charge in [0.2, 0.25) is 0 Å². The monoisotopic (exact) mass is 311 g/mol. The molecule has 0 bridgehead atoms. The molecule has 18 heavy (non-hydrogen) atoms. The zero-order valence-corrected chi connectivity index (χ0v) is 11.7. The molecule has 2 rings (SSSR count). The predicted molar refractivity (Wildman–Crippen MR) is 74.2 cm³/mol. The molecule has 96 valence electrons. The van der Waals surface area contributed by atoms with Gasteiger partial charge in [-0.2, -0.15) is 0 Å². The van der Waals surface area contributed by atoms with E-state index in [-0.39, 0.29) is 5.82 Å². The second-order valence-electron chi connectivity index (χ2n) is 4.16. The molecule has 0 saturated heterocycles. The highest BCUT2D eigenvalue weighted by Crippen LogP contribution is 2.23. The third-order valence-electron chi connectivity index (χ3n) is 2.74. The number of nitrogens with one attached hydrogen (secondary N) is 1. The maximum absolute atomic E-state index is 13.4. The van der Waals surface area contributed by atoms with Crippen molar-refractivity contribution in [3.8, 4) is 0 Å². The van der Waals surface area contributed by atoms with Crippen molar-refractivity contribution in [1.29, 1.82) is 0 Å². The summed E-state index contributed by atoms with van der Waals surface area (Å²) in [4.78, 5) is 3.98. The molecule has 1 heterocycles. The van der Waals surface area contributed by atoms with Gasteiger partial charge in [-0.25, -0.2) is 9.37 Å². The summed E-state index contributed by atoms with van der Waals surface area (Å²) in [5.74, 6) is -0.238. The number of aromatic nitrogens is 2. The molecule has 0 spiro atoms. The molecule has 0 saturated carbocycles. The largest absolute Gasteiger partial charge is 0.385 e. The van der Waals surface area contributed by atoms with Crippen molar-refractivity contribution in [3.63, 3.8) is 0 Å². The summed E-state index contributed by atoms with van der Waals surface area (Å²) in [5.41, 5.74) is 1.88. The Labute approximate surface area is 114 Å². The Balaban J connectivity index is 1.85. The van der Waals surface area contributed by atoms with Crippen LogP contribution in [0.2, 0.25) is 0 Å². The second-order valence-corrected chi connectivity index (χ2v) is 5.02. The van der Waals surface area contributed by atoms with Crippen LogP contribution in [0.15, 0.2) is 35.3 Å². The van der Waals surface area contributed by atoms with Crippen molar-refractivity contribution in [1.82, 2.24) is 9.55 Å². The lowest BCUT2D eigenvalue weighted by Crippen LogP contribution is -2.07. The molecule has 3 nitrogen and oxygen atoms in total. The van der Waals surface area contributed by atoms with Crippen LogP contribution in [-0.4, -0.2) is 16.1 Å². The molecular formula is C13H15BrFN3. The van der Waals surface area contributed by atoms with Gasteiger partial charge < -0.3 is 9.88 Å². The first-order valence-corrected chi connectivity index (χ1v) is 6.61. The van der Waals surface area contributed by atoms with E-state index in [9.17, 15) is 4.39 Å². The first kappa shape index (κ1) is 13.1.